The van der Waals surface area contributed by atoms with E-state index in [1.807, 2.05) is 6.92 Å². The van der Waals surface area contributed by atoms with E-state index in [2.05, 4.69) is 10.3 Å². The summed E-state index contributed by atoms with van der Waals surface area (Å²) in [6, 6.07) is 5.56. The number of benzene rings is 1. The molecule has 0 unspecified atom stereocenters. The molecule has 2 aromatic rings. The fourth-order valence-electron chi connectivity index (χ4n) is 2.69. The van der Waals surface area contributed by atoms with E-state index in [1.165, 1.54) is 18.2 Å². The van der Waals surface area contributed by atoms with Crippen molar-refractivity contribution < 1.29 is 23.5 Å². The molecule has 0 aliphatic heterocycles. The van der Waals surface area contributed by atoms with Crippen molar-refractivity contribution in [2.75, 3.05) is 6.61 Å². The van der Waals surface area contributed by atoms with Crippen LogP contribution < -0.4 is 5.32 Å². The van der Waals surface area contributed by atoms with Crippen molar-refractivity contribution in [2.24, 2.45) is 0 Å². The molecule has 0 saturated heterocycles. The number of rotatable bonds is 7. The van der Waals surface area contributed by atoms with Gasteiger partial charge in [0, 0.05) is 22.9 Å². The maximum absolute atomic E-state index is 14.4. The first-order valence-corrected chi connectivity index (χ1v) is 8.81. The smallest absolute Gasteiger partial charge is 0.340 e. The Morgan fingerprint density at radius 3 is 2.48 bits per heavy atom. The summed E-state index contributed by atoms with van der Waals surface area (Å²) in [6.45, 7) is 6.98. The van der Waals surface area contributed by atoms with Crippen LogP contribution in [0.4, 0.5) is 4.39 Å². The van der Waals surface area contributed by atoms with Crippen molar-refractivity contribution >= 4 is 17.7 Å². The lowest BCUT2D eigenvalue weighted by Gasteiger charge is -2.11. The molecule has 1 amide bonds. The Morgan fingerprint density at radius 1 is 1.22 bits per heavy atom. The van der Waals surface area contributed by atoms with E-state index in [1.54, 1.807) is 26.8 Å². The van der Waals surface area contributed by atoms with E-state index in [0.29, 0.717) is 12.1 Å². The zero-order valence-corrected chi connectivity index (χ0v) is 15.8. The number of aromatic amines is 1. The average molecular weight is 374 g/mol. The number of carbonyl (C=O) groups excluding carboxylic acids is 3. The van der Waals surface area contributed by atoms with Gasteiger partial charge in [-0.25, -0.2) is 9.18 Å². The van der Waals surface area contributed by atoms with Gasteiger partial charge in [-0.05, 0) is 33.3 Å². The van der Waals surface area contributed by atoms with Crippen LogP contribution in [-0.4, -0.2) is 35.3 Å². The highest BCUT2D eigenvalue weighted by Gasteiger charge is 2.31. The van der Waals surface area contributed by atoms with E-state index >= 15 is 0 Å². The molecule has 6 nitrogen and oxygen atoms in total. The number of hydrogen-bond donors (Lipinski definition) is 2. The summed E-state index contributed by atoms with van der Waals surface area (Å²) in [5, 5.41) is 2.59. The van der Waals surface area contributed by atoms with Crippen molar-refractivity contribution in [3.63, 3.8) is 0 Å². The third-order valence-electron chi connectivity index (χ3n) is 4.23. The fourth-order valence-corrected chi connectivity index (χ4v) is 2.69. The number of esters is 1. The van der Waals surface area contributed by atoms with Gasteiger partial charge in [0.15, 0.2) is 0 Å². The molecule has 1 atom stereocenters. The predicted molar refractivity (Wildman–Crippen MR) is 99.1 cm³/mol. The maximum Gasteiger partial charge on any atom is 0.340 e. The number of aryl methyl sites for hydroxylation is 1. The van der Waals surface area contributed by atoms with Gasteiger partial charge < -0.3 is 15.0 Å². The second-order valence-corrected chi connectivity index (χ2v) is 6.19. The van der Waals surface area contributed by atoms with Crippen LogP contribution in [0.3, 0.4) is 0 Å². The summed E-state index contributed by atoms with van der Waals surface area (Å²) in [6.07, 6.45) is 0.650. The Labute approximate surface area is 157 Å². The molecule has 0 spiro atoms. The molecule has 0 saturated carbocycles. The topological polar surface area (TPSA) is 88.3 Å². The first-order valence-electron chi connectivity index (χ1n) is 8.81. The van der Waals surface area contributed by atoms with Crippen LogP contribution >= 0.6 is 0 Å². The second-order valence-electron chi connectivity index (χ2n) is 6.19. The van der Waals surface area contributed by atoms with Gasteiger partial charge in [-0.1, -0.05) is 25.1 Å². The van der Waals surface area contributed by atoms with Crippen LogP contribution in [0.5, 0.6) is 0 Å². The van der Waals surface area contributed by atoms with E-state index < -0.39 is 23.5 Å². The van der Waals surface area contributed by atoms with Crippen LogP contribution in [-0.2, 0) is 9.53 Å². The lowest BCUT2D eigenvalue weighted by Crippen LogP contribution is -2.37. The molecule has 0 fully saturated rings. The zero-order chi connectivity index (χ0) is 20.1. The number of nitrogens with one attached hydrogen (secondary N) is 2. The Balaban J connectivity index is 2.63. The predicted octanol–water partition coefficient (Wildman–Crippen LogP) is 3.40. The minimum atomic E-state index is -0.868. The summed E-state index contributed by atoms with van der Waals surface area (Å²) < 4.78 is 19.5. The molecule has 0 aliphatic rings. The molecule has 0 aliphatic carbocycles. The van der Waals surface area contributed by atoms with Crippen molar-refractivity contribution in [2.45, 2.75) is 40.2 Å². The first-order chi connectivity index (χ1) is 12.8. The van der Waals surface area contributed by atoms with Crippen LogP contribution in [0.15, 0.2) is 24.3 Å². The minimum Gasteiger partial charge on any atom is -0.462 e. The first kappa shape index (κ1) is 20.4. The van der Waals surface area contributed by atoms with Crippen LogP contribution in [0.1, 0.15) is 53.7 Å². The molecular formula is C20H23FN2O4. The van der Waals surface area contributed by atoms with E-state index in [0.717, 1.165) is 0 Å². The van der Waals surface area contributed by atoms with Crippen molar-refractivity contribution in [1.29, 1.82) is 0 Å². The summed E-state index contributed by atoms with van der Waals surface area (Å²) in [7, 11) is 0. The quantitative estimate of drug-likeness (QED) is 0.442. The molecule has 0 bridgehead atoms. The average Bonchev–Trinajstić information content (AvgIpc) is 2.98. The van der Waals surface area contributed by atoms with E-state index in [9.17, 15) is 18.8 Å². The molecule has 1 aromatic heterocycles. The van der Waals surface area contributed by atoms with Crippen LogP contribution in [0, 0.1) is 12.7 Å². The van der Waals surface area contributed by atoms with Gasteiger partial charge in [0.2, 0.25) is 0 Å². The molecule has 27 heavy (non-hydrogen) atoms. The van der Waals surface area contributed by atoms with Gasteiger partial charge in [0.25, 0.3) is 11.7 Å². The lowest BCUT2D eigenvalue weighted by atomic mass is 9.97. The van der Waals surface area contributed by atoms with Crippen molar-refractivity contribution in [1.82, 2.24) is 10.3 Å². The van der Waals surface area contributed by atoms with Crippen LogP contribution in [0.2, 0.25) is 0 Å². The van der Waals surface area contributed by atoms with Crippen molar-refractivity contribution in [3.05, 3.63) is 47.0 Å². The summed E-state index contributed by atoms with van der Waals surface area (Å²) in [5.41, 5.74) is 0.312. The Hall–Kier alpha value is -2.96. The number of halogens is 1. The molecule has 144 valence electrons. The molecule has 1 aromatic carbocycles. The molecule has 0 radical (unpaired) electrons. The third kappa shape index (κ3) is 4.24. The summed E-state index contributed by atoms with van der Waals surface area (Å²) in [5.74, 6) is -2.99. The van der Waals surface area contributed by atoms with E-state index in [-0.39, 0.29) is 35.0 Å². The Bertz CT molecular complexity index is 873. The number of Topliss-reactive ketones (excluding diaryl/α,β-unsaturated/α-hetero) is 1. The van der Waals surface area contributed by atoms with Gasteiger partial charge >= 0.3 is 5.97 Å². The number of ketones is 1. The van der Waals surface area contributed by atoms with Gasteiger partial charge in [0.05, 0.1) is 12.2 Å². The standard InChI is InChI=1S/C20H23FN2O4/c1-5-11(3)22-19(25)18(24)17-16(13-9-7-8-10-14(13)21)15(12(4)23-17)20(26)27-6-2/h7-11,23H,5-6H2,1-4H3,(H,22,25)/t11-/m0/s1. The van der Waals surface area contributed by atoms with Crippen molar-refractivity contribution in [3.8, 4) is 11.1 Å². The largest absolute Gasteiger partial charge is 0.462 e. The molecule has 2 rings (SSSR count). The van der Waals surface area contributed by atoms with Crippen LogP contribution in [0.25, 0.3) is 11.1 Å². The highest BCUT2D eigenvalue weighted by Crippen LogP contribution is 2.33. The van der Waals surface area contributed by atoms with E-state index in [4.69, 9.17) is 4.74 Å². The van der Waals surface area contributed by atoms with Gasteiger partial charge in [0.1, 0.15) is 11.5 Å². The number of H-pyrrole nitrogens is 1. The van der Waals surface area contributed by atoms with Gasteiger partial charge in [-0.3, -0.25) is 9.59 Å². The highest BCUT2D eigenvalue weighted by molar-refractivity contribution is 6.44. The third-order valence-corrected chi connectivity index (χ3v) is 4.23. The normalized spacial score (nSPS) is 11.7. The fraction of sp³-hybridized carbons (Fsp3) is 0.350. The highest BCUT2D eigenvalue weighted by atomic mass is 19.1. The lowest BCUT2D eigenvalue weighted by molar-refractivity contribution is -0.117. The van der Waals surface area contributed by atoms with Gasteiger partial charge in [-0.2, -0.15) is 0 Å². The molecular weight excluding hydrogens is 351 g/mol. The van der Waals surface area contributed by atoms with Gasteiger partial charge in [-0.15, -0.1) is 0 Å². The number of hydrogen-bond acceptors (Lipinski definition) is 4. The number of aromatic nitrogens is 1. The molecule has 1 heterocycles. The minimum absolute atomic E-state index is 0.0355. The molecule has 7 heteroatoms. The molecule has 2 N–H and O–H groups in total. The number of ether oxygens (including phenoxy) is 1. The number of amides is 1. The Morgan fingerprint density at radius 2 is 1.89 bits per heavy atom. The maximum atomic E-state index is 14.4. The summed E-state index contributed by atoms with van der Waals surface area (Å²) in [4.78, 5) is 40.2. The monoisotopic (exact) mass is 374 g/mol. The SMILES string of the molecule is CCOC(=O)c1c(C)[nH]c(C(=O)C(=O)N[C@@H](C)CC)c1-c1ccccc1F. The summed E-state index contributed by atoms with van der Waals surface area (Å²) >= 11 is 0. The zero-order valence-electron chi connectivity index (χ0n) is 15.8. The second kappa shape index (κ2) is 8.62. The number of carbonyl (C=O) groups is 3. The Kier molecular flexibility index (Phi) is 6.50.